The first-order valence-electron chi connectivity index (χ1n) is 25.4. The molecular weight excluding hydrogens is 865 g/mol. The van der Waals surface area contributed by atoms with Crippen molar-refractivity contribution in [2.45, 2.75) is 117 Å². The van der Waals surface area contributed by atoms with Crippen LogP contribution in [0.1, 0.15) is 129 Å². The lowest BCUT2D eigenvalue weighted by Crippen LogP contribution is -2.26. The lowest BCUT2D eigenvalue weighted by atomic mass is 9.78. The first kappa shape index (κ1) is 47.6. The Balaban J connectivity index is 1.12. The summed E-state index contributed by atoms with van der Waals surface area (Å²) in [5, 5.41) is 2.34. The molecule has 0 saturated carbocycles. The Morgan fingerprint density at radius 2 is 0.873 bits per heavy atom. The van der Waals surface area contributed by atoms with E-state index in [1.807, 2.05) is 6.20 Å². The van der Waals surface area contributed by atoms with Crippen molar-refractivity contribution in [2.24, 2.45) is 0 Å². The van der Waals surface area contributed by atoms with Gasteiger partial charge in [0.05, 0.1) is 22.4 Å². The Bertz CT molecular complexity index is 3400. The van der Waals surface area contributed by atoms with Crippen molar-refractivity contribution in [3.05, 3.63) is 215 Å². The van der Waals surface area contributed by atoms with Gasteiger partial charge in [-0.15, -0.1) is 0 Å². The number of hydrogen-bond donors (Lipinski definition) is 0. The van der Waals surface area contributed by atoms with Crippen LogP contribution in [0.25, 0.3) is 27.6 Å². The summed E-state index contributed by atoms with van der Waals surface area (Å²) in [5.74, 6) is 2.42. The molecule has 0 spiro atoms. The highest BCUT2D eigenvalue weighted by Crippen LogP contribution is 2.48. The zero-order valence-corrected chi connectivity index (χ0v) is 44.1. The average Bonchev–Trinajstić information content (AvgIpc) is 3.89. The number of benzene rings is 7. The second-order valence-corrected chi connectivity index (χ2v) is 24.0. The van der Waals surface area contributed by atoms with Crippen molar-refractivity contribution in [2.75, 3.05) is 16.5 Å². The molecule has 0 unspecified atom stereocenters. The van der Waals surface area contributed by atoms with Gasteiger partial charge in [0, 0.05) is 51.3 Å². The molecule has 0 amide bonds. The van der Waals surface area contributed by atoms with Gasteiger partial charge in [0.2, 0.25) is 0 Å². The van der Waals surface area contributed by atoms with Gasteiger partial charge in [-0.25, -0.2) is 4.98 Å². The van der Waals surface area contributed by atoms with E-state index in [0.717, 1.165) is 45.1 Å². The van der Waals surface area contributed by atoms with Gasteiger partial charge in [-0.05, 0) is 122 Å². The lowest BCUT2D eigenvalue weighted by molar-refractivity contribution is 0.480. The molecule has 1 aliphatic heterocycles. The third-order valence-corrected chi connectivity index (χ3v) is 15.2. The standard InChI is InChI=1S/C66H70N4O/c1-62(2,3)46-28-30-55-56-31-29-53(42-60(56)70(59(55)39-46)61-40-47(32-33-67-61)65(10,11)44-22-16-14-17-23-44)71-54-38-50(66(12,13)45-24-18-15-19-25-45)37-52(41-54)69-43-68(57-26-20-21-27-58(57)69)51-35-48(63(4,5)6)34-49(36-51)64(7,8)9/h14-42H,43H2,1-13H3. The van der Waals surface area contributed by atoms with Crippen LogP contribution in [-0.2, 0) is 27.1 Å². The number of rotatable bonds is 9. The molecule has 3 heterocycles. The minimum absolute atomic E-state index is 0.00882. The molecule has 0 fully saturated rings. The molecule has 7 aromatic carbocycles. The van der Waals surface area contributed by atoms with E-state index in [-0.39, 0.29) is 27.1 Å². The first-order chi connectivity index (χ1) is 33.6. The summed E-state index contributed by atoms with van der Waals surface area (Å²) >= 11 is 0. The third kappa shape index (κ3) is 8.90. The van der Waals surface area contributed by atoms with Gasteiger partial charge in [0.1, 0.15) is 24.0 Å². The van der Waals surface area contributed by atoms with Crippen LogP contribution >= 0.6 is 0 Å². The molecule has 10 rings (SSSR count). The molecule has 0 saturated heterocycles. The minimum Gasteiger partial charge on any atom is -0.457 e. The van der Waals surface area contributed by atoms with Gasteiger partial charge in [-0.3, -0.25) is 4.57 Å². The second kappa shape index (κ2) is 17.3. The molecule has 1 aliphatic rings. The fourth-order valence-electron chi connectivity index (χ4n) is 10.3. The molecule has 2 aromatic heterocycles. The van der Waals surface area contributed by atoms with E-state index in [4.69, 9.17) is 9.72 Å². The van der Waals surface area contributed by atoms with E-state index in [0.29, 0.717) is 6.67 Å². The number of ether oxygens (including phenoxy) is 1. The van der Waals surface area contributed by atoms with Crippen LogP contribution in [0.15, 0.2) is 176 Å². The second-order valence-electron chi connectivity index (χ2n) is 24.0. The Hall–Kier alpha value is -7.11. The SMILES string of the molecule is CC(C)(C)c1cc(N2CN(c3cc(Oc4ccc5c6ccc(C(C)(C)C)cc6n(-c6cc(C(C)(C)c7ccccc7)ccn6)c5c4)cc(C(C)(C)c4ccccc4)c3)c3ccccc32)cc(C(C)(C)C)c1. The highest BCUT2D eigenvalue weighted by molar-refractivity contribution is 6.09. The summed E-state index contributed by atoms with van der Waals surface area (Å²) < 4.78 is 9.53. The summed E-state index contributed by atoms with van der Waals surface area (Å²) in [7, 11) is 0. The van der Waals surface area contributed by atoms with Crippen LogP contribution in [0.4, 0.5) is 22.7 Å². The fraction of sp³-hybridized carbons (Fsp3) is 0.288. The predicted octanol–water partition coefficient (Wildman–Crippen LogP) is 17.8. The normalized spacial score (nSPS) is 13.6. The number of fused-ring (bicyclic) bond motifs is 4. The Labute approximate surface area is 422 Å². The maximum absolute atomic E-state index is 7.19. The van der Waals surface area contributed by atoms with Crippen LogP contribution < -0.4 is 14.5 Å². The number of anilines is 4. The third-order valence-electron chi connectivity index (χ3n) is 15.2. The van der Waals surface area contributed by atoms with Crippen LogP contribution in [-0.4, -0.2) is 16.2 Å². The zero-order chi connectivity index (χ0) is 50.3. The average molecular weight is 935 g/mol. The van der Waals surface area contributed by atoms with Gasteiger partial charge in [0.25, 0.3) is 0 Å². The molecule has 0 atom stereocenters. The molecule has 5 heteroatoms. The highest BCUT2D eigenvalue weighted by Gasteiger charge is 2.33. The maximum atomic E-state index is 7.19. The van der Waals surface area contributed by atoms with Gasteiger partial charge in [-0.1, -0.05) is 181 Å². The minimum atomic E-state index is -0.331. The topological polar surface area (TPSA) is 33.5 Å². The van der Waals surface area contributed by atoms with E-state index in [1.165, 1.54) is 55.7 Å². The molecule has 71 heavy (non-hydrogen) atoms. The number of hydrogen-bond acceptors (Lipinski definition) is 4. The van der Waals surface area contributed by atoms with E-state index >= 15 is 0 Å². The highest BCUT2D eigenvalue weighted by atomic mass is 16.5. The quantitative estimate of drug-likeness (QED) is 0.144. The van der Waals surface area contributed by atoms with E-state index in [9.17, 15) is 0 Å². The van der Waals surface area contributed by atoms with Crippen molar-refractivity contribution >= 4 is 44.6 Å². The molecule has 360 valence electrons. The van der Waals surface area contributed by atoms with Crippen molar-refractivity contribution in [3.63, 3.8) is 0 Å². The van der Waals surface area contributed by atoms with Crippen LogP contribution in [0, 0.1) is 0 Å². The Morgan fingerprint density at radius 3 is 1.44 bits per heavy atom. The molecule has 0 radical (unpaired) electrons. The summed E-state index contributed by atoms with van der Waals surface area (Å²) in [4.78, 5) is 10.0. The number of para-hydroxylation sites is 2. The summed E-state index contributed by atoms with van der Waals surface area (Å²) in [5.41, 5.74) is 15.0. The van der Waals surface area contributed by atoms with Gasteiger partial charge in [-0.2, -0.15) is 0 Å². The van der Waals surface area contributed by atoms with Gasteiger partial charge < -0.3 is 14.5 Å². The summed E-state index contributed by atoms with van der Waals surface area (Å²) in [6.45, 7) is 30.6. The van der Waals surface area contributed by atoms with E-state index in [1.54, 1.807) is 0 Å². The van der Waals surface area contributed by atoms with Crippen molar-refractivity contribution < 1.29 is 4.74 Å². The smallest absolute Gasteiger partial charge is 0.137 e. The van der Waals surface area contributed by atoms with Crippen LogP contribution in [0.3, 0.4) is 0 Å². The zero-order valence-electron chi connectivity index (χ0n) is 44.1. The molecule has 9 aromatic rings. The largest absolute Gasteiger partial charge is 0.457 e. The predicted molar refractivity (Wildman–Crippen MR) is 300 cm³/mol. The van der Waals surface area contributed by atoms with Crippen LogP contribution in [0.2, 0.25) is 0 Å². The molecular formula is C66H70N4O. The van der Waals surface area contributed by atoms with Crippen LogP contribution in [0.5, 0.6) is 11.5 Å². The Kier molecular flexibility index (Phi) is 11.6. The maximum Gasteiger partial charge on any atom is 0.137 e. The van der Waals surface area contributed by atoms with E-state index < -0.39 is 0 Å². The number of nitrogens with zero attached hydrogens (tertiary/aromatic N) is 4. The molecule has 5 nitrogen and oxygen atoms in total. The van der Waals surface area contributed by atoms with Gasteiger partial charge >= 0.3 is 0 Å². The lowest BCUT2D eigenvalue weighted by Gasteiger charge is -2.30. The van der Waals surface area contributed by atoms with Gasteiger partial charge in [0.15, 0.2) is 0 Å². The fourth-order valence-corrected chi connectivity index (χ4v) is 10.3. The molecule has 0 N–H and O–H groups in total. The van der Waals surface area contributed by atoms with E-state index in [2.05, 4.69) is 274 Å². The molecule has 0 bridgehead atoms. The number of aromatic nitrogens is 2. The first-order valence-corrected chi connectivity index (χ1v) is 25.4. The number of pyridine rings is 1. The molecule has 0 aliphatic carbocycles. The Morgan fingerprint density at radius 1 is 0.380 bits per heavy atom. The summed E-state index contributed by atoms with van der Waals surface area (Å²) in [6.07, 6.45) is 1.96. The van der Waals surface area contributed by atoms with Crippen molar-refractivity contribution in [1.29, 1.82) is 0 Å². The van der Waals surface area contributed by atoms with Crippen molar-refractivity contribution in [1.82, 2.24) is 9.55 Å². The summed E-state index contributed by atoms with van der Waals surface area (Å²) in [6, 6.07) is 62.4. The van der Waals surface area contributed by atoms with Crippen molar-refractivity contribution in [3.8, 4) is 17.3 Å². The monoisotopic (exact) mass is 935 g/mol.